The van der Waals surface area contributed by atoms with Crippen LogP contribution in [0.4, 0.5) is 4.79 Å². The van der Waals surface area contributed by atoms with Gasteiger partial charge in [-0.05, 0) is 12.1 Å². The van der Waals surface area contributed by atoms with Gasteiger partial charge in [0.1, 0.15) is 29.2 Å². The molecule has 140 valence electrons. The van der Waals surface area contributed by atoms with Crippen LogP contribution in [0.2, 0.25) is 5.02 Å². The van der Waals surface area contributed by atoms with E-state index in [0.29, 0.717) is 0 Å². The number of rotatable bonds is 4. The minimum Gasteiger partial charge on any atom is -0.394 e. The molecule has 0 radical (unpaired) electrons. The summed E-state index contributed by atoms with van der Waals surface area (Å²) >= 11 is 5.77. The quantitative estimate of drug-likeness (QED) is 0.344. The summed E-state index contributed by atoms with van der Waals surface area (Å²) in [6, 6.07) is 2.61. The van der Waals surface area contributed by atoms with Gasteiger partial charge in [-0.3, -0.25) is 0 Å². The fraction of sp³-hybridized carbons (Fsp3) is 0.462. The zero-order valence-electron chi connectivity index (χ0n) is 12.6. The normalized spacial score (nSPS) is 29.9. The van der Waals surface area contributed by atoms with Gasteiger partial charge in [0.25, 0.3) is 10.0 Å². The number of ether oxygens (including phenoxy) is 1. The van der Waals surface area contributed by atoms with E-state index in [2.05, 4.69) is 0 Å². The summed E-state index contributed by atoms with van der Waals surface area (Å²) in [6.45, 7) is -0.672. The molecule has 2 unspecified atom stereocenters. The zero-order valence-corrected chi connectivity index (χ0v) is 14.2. The molecule has 12 heteroatoms. The first-order chi connectivity index (χ1) is 11.7. The number of halogens is 1. The highest BCUT2D eigenvalue weighted by Gasteiger charge is 2.44. The number of amides is 2. The van der Waals surface area contributed by atoms with Crippen molar-refractivity contribution >= 4 is 27.7 Å². The molecule has 0 spiro atoms. The molecule has 1 fully saturated rings. The lowest BCUT2D eigenvalue weighted by Gasteiger charge is -2.40. The van der Waals surface area contributed by atoms with Crippen LogP contribution in [0.1, 0.15) is 0 Å². The predicted octanol–water partition coefficient (Wildman–Crippen LogP) is -1.87. The molecule has 1 aromatic rings. The average molecular weight is 397 g/mol. The maximum absolute atomic E-state index is 12.1. The van der Waals surface area contributed by atoms with Crippen LogP contribution in [0.25, 0.3) is 0 Å². The molecule has 5 atom stereocenters. The highest BCUT2D eigenvalue weighted by molar-refractivity contribution is 7.90. The maximum atomic E-state index is 12.1. The summed E-state index contributed by atoms with van der Waals surface area (Å²) in [5.41, 5.74) is 0. The molecule has 1 aromatic carbocycles. The fourth-order valence-electron chi connectivity index (χ4n) is 2.27. The molecule has 1 saturated heterocycles. The second-order valence-electron chi connectivity index (χ2n) is 5.26. The number of nitrogens with one attached hydrogen (secondary N) is 2. The van der Waals surface area contributed by atoms with Gasteiger partial charge in [0.2, 0.25) is 0 Å². The van der Waals surface area contributed by atoms with Gasteiger partial charge in [0, 0.05) is 0 Å². The molecular weight excluding hydrogens is 380 g/mol. The highest BCUT2D eigenvalue weighted by atomic mass is 35.5. The second kappa shape index (κ2) is 7.83. The molecular formula is C13H17ClN2O8S. The molecule has 1 aliphatic rings. The minimum absolute atomic E-state index is 0.106. The summed E-state index contributed by atoms with van der Waals surface area (Å²) in [5.74, 6) is 0. The highest BCUT2D eigenvalue weighted by Crippen LogP contribution is 2.21. The Morgan fingerprint density at radius 1 is 1.20 bits per heavy atom. The van der Waals surface area contributed by atoms with Gasteiger partial charge in [-0.1, -0.05) is 23.7 Å². The second-order valence-corrected chi connectivity index (χ2v) is 7.32. The number of hydrogen-bond acceptors (Lipinski definition) is 8. The monoisotopic (exact) mass is 396 g/mol. The molecule has 1 heterocycles. The number of urea groups is 1. The number of hydrogen-bond donors (Lipinski definition) is 6. The Bertz CT molecular complexity index is 730. The van der Waals surface area contributed by atoms with Crippen LogP contribution in [-0.2, 0) is 14.8 Å². The molecule has 6 N–H and O–H groups in total. The molecule has 0 saturated carbocycles. The van der Waals surface area contributed by atoms with Crippen LogP contribution in [-0.4, -0.2) is 72.1 Å². The summed E-state index contributed by atoms with van der Waals surface area (Å²) in [7, 11) is -4.31. The van der Waals surface area contributed by atoms with Crippen LogP contribution in [0.15, 0.2) is 29.2 Å². The first-order valence-electron chi connectivity index (χ1n) is 7.05. The van der Waals surface area contributed by atoms with Gasteiger partial charge in [-0.2, -0.15) is 0 Å². The molecule has 2 rings (SSSR count). The molecule has 10 nitrogen and oxygen atoms in total. The van der Waals surface area contributed by atoms with Crippen LogP contribution >= 0.6 is 11.6 Å². The maximum Gasteiger partial charge on any atom is 0.329 e. The number of carbonyl (C=O) groups is 1. The third-order valence-corrected chi connectivity index (χ3v) is 5.38. The standard InChI is InChI=1S/C13H17ClN2O8S/c14-6-3-1-2-4-8(6)25(22,23)16-13(21)15-9-11(19)10(18)7(5-17)24-12(9)20/h1-4,7,9-12,17-20H,5H2,(H2,15,16,21)/t7?,9-,10+,11?,12+/m0/s1. The number of sulfonamides is 1. The molecule has 0 aliphatic carbocycles. The van der Waals surface area contributed by atoms with E-state index >= 15 is 0 Å². The van der Waals surface area contributed by atoms with Crippen molar-refractivity contribution in [2.75, 3.05) is 6.61 Å². The lowest BCUT2D eigenvalue weighted by atomic mass is 9.97. The SMILES string of the molecule is O=C(N[C@H]1C(O)[C@H](O)C(CO)O[C@H]1O)NS(=O)(=O)c1ccccc1Cl. The van der Waals surface area contributed by atoms with E-state index in [1.165, 1.54) is 24.3 Å². The lowest BCUT2D eigenvalue weighted by Crippen LogP contribution is -2.65. The number of aliphatic hydroxyl groups is 4. The fourth-order valence-corrected chi connectivity index (χ4v) is 3.71. The Morgan fingerprint density at radius 3 is 2.44 bits per heavy atom. The van der Waals surface area contributed by atoms with Crippen molar-refractivity contribution in [1.29, 1.82) is 0 Å². The van der Waals surface area contributed by atoms with Crippen LogP contribution in [0.3, 0.4) is 0 Å². The smallest absolute Gasteiger partial charge is 0.329 e. The molecule has 2 amide bonds. The van der Waals surface area contributed by atoms with Crippen molar-refractivity contribution in [2.45, 2.75) is 35.5 Å². The van der Waals surface area contributed by atoms with Gasteiger partial charge in [-0.25, -0.2) is 17.9 Å². The number of benzene rings is 1. The van der Waals surface area contributed by atoms with Crippen molar-refractivity contribution < 1.29 is 38.4 Å². The van der Waals surface area contributed by atoms with E-state index in [1.807, 2.05) is 5.32 Å². The predicted molar refractivity (Wildman–Crippen MR) is 84.1 cm³/mol. The van der Waals surface area contributed by atoms with Crippen molar-refractivity contribution in [3.05, 3.63) is 29.3 Å². The molecule has 25 heavy (non-hydrogen) atoms. The van der Waals surface area contributed by atoms with E-state index < -0.39 is 53.3 Å². The van der Waals surface area contributed by atoms with Crippen LogP contribution in [0.5, 0.6) is 0 Å². The van der Waals surface area contributed by atoms with Gasteiger partial charge >= 0.3 is 6.03 Å². The first-order valence-corrected chi connectivity index (χ1v) is 8.92. The topological polar surface area (TPSA) is 165 Å². The van der Waals surface area contributed by atoms with E-state index in [4.69, 9.17) is 21.4 Å². The Morgan fingerprint density at radius 2 is 1.84 bits per heavy atom. The van der Waals surface area contributed by atoms with Crippen molar-refractivity contribution in [3.8, 4) is 0 Å². The average Bonchev–Trinajstić information content (AvgIpc) is 2.54. The Hall–Kier alpha value is -1.47. The third-order valence-electron chi connectivity index (χ3n) is 3.55. The molecule has 1 aliphatic heterocycles. The van der Waals surface area contributed by atoms with Gasteiger partial charge < -0.3 is 30.5 Å². The lowest BCUT2D eigenvalue weighted by molar-refractivity contribution is -0.252. The van der Waals surface area contributed by atoms with Crippen molar-refractivity contribution in [2.24, 2.45) is 0 Å². The summed E-state index contributed by atoms with van der Waals surface area (Å²) in [6.07, 6.45) is -6.32. The minimum atomic E-state index is -4.31. The Labute approximate surface area is 148 Å². The summed E-state index contributed by atoms with van der Waals surface area (Å²) in [5, 5.41) is 40.2. The van der Waals surface area contributed by atoms with Crippen LogP contribution < -0.4 is 10.0 Å². The van der Waals surface area contributed by atoms with E-state index in [9.17, 15) is 28.5 Å². The van der Waals surface area contributed by atoms with E-state index in [1.54, 1.807) is 4.72 Å². The van der Waals surface area contributed by atoms with E-state index in [-0.39, 0.29) is 9.92 Å². The number of carbonyl (C=O) groups excluding carboxylic acids is 1. The molecule has 0 aromatic heterocycles. The first kappa shape index (κ1) is 19.8. The van der Waals surface area contributed by atoms with Gasteiger partial charge in [0.15, 0.2) is 6.29 Å². The van der Waals surface area contributed by atoms with Gasteiger partial charge in [0.05, 0.1) is 11.6 Å². The molecule has 0 bridgehead atoms. The summed E-state index contributed by atoms with van der Waals surface area (Å²) < 4.78 is 30.8. The van der Waals surface area contributed by atoms with E-state index in [0.717, 1.165) is 0 Å². The Kier molecular flexibility index (Phi) is 6.21. The van der Waals surface area contributed by atoms with Crippen molar-refractivity contribution in [3.63, 3.8) is 0 Å². The third kappa shape index (κ3) is 4.39. The summed E-state index contributed by atoms with van der Waals surface area (Å²) in [4.78, 5) is 11.6. The Balaban J connectivity index is 2.08. The van der Waals surface area contributed by atoms with Crippen molar-refractivity contribution in [1.82, 2.24) is 10.0 Å². The largest absolute Gasteiger partial charge is 0.394 e. The zero-order chi connectivity index (χ0) is 18.8. The number of aliphatic hydroxyl groups excluding tert-OH is 4. The van der Waals surface area contributed by atoms with Crippen LogP contribution in [0, 0.1) is 0 Å². The van der Waals surface area contributed by atoms with Gasteiger partial charge in [-0.15, -0.1) is 0 Å².